The van der Waals surface area contributed by atoms with Gasteiger partial charge in [-0.25, -0.2) is 0 Å². The van der Waals surface area contributed by atoms with Crippen LogP contribution in [0, 0.1) is 6.92 Å². The summed E-state index contributed by atoms with van der Waals surface area (Å²) < 4.78 is 6.14. The molecule has 2 aromatic heterocycles. The Hall–Kier alpha value is -4.63. The molecule has 0 saturated heterocycles. The molecule has 2 aliphatic rings. The van der Waals surface area contributed by atoms with E-state index in [1.54, 1.807) is 23.1 Å². The Morgan fingerprint density at radius 3 is 2.49 bits per heavy atom. The largest absolute Gasteiger partial charge is 0.450 e. The molecule has 3 aromatic carbocycles. The Morgan fingerprint density at radius 1 is 0.949 bits per heavy atom. The molecule has 2 aliphatic heterocycles. The van der Waals surface area contributed by atoms with Gasteiger partial charge >= 0.3 is 0 Å². The zero-order chi connectivity index (χ0) is 26.9. The van der Waals surface area contributed by atoms with Crippen molar-refractivity contribution in [3.63, 3.8) is 0 Å². The van der Waals surface area contributed by atoms with Crippen LogP contribution in [0.3, 0.4) is 0 Å². The third-order valence-electron chi connectivity index (χ3n) is 7.41. The van der Waals surface area contributed by atoms with Crippen LogP contribution < -0.4 is 15.2 Å². The molecule has 7 rings (SSSR count). The number of aryl methyl sites for hydroxylation is 2. The molecule has 9 heteroatoms. The zero-order valence-corrected chi connectivity index (χ0v) is 22.0. The molecule has 1 atom stereocenters. The highest BCUT2D eigenvalue weighted by atomic mass is 32.1. The van der Waals surface area contributed by atoms with Crippen molar-refractivity contribution in [2.75, 3.05) is 9.80 Å². The number of hydrogen-bond acceptors (Lipinski definition) is 7. The molecule has 1 unspecified atom stereocenters. The van der Waals surface area contributed by atoms with Gasteiger partial charge in [-0.3, -0.25) is 19.3 Å². The van der Waals surface area contributed by atoms with Crippen LogP contribution in [0.1, 0.15) is 44.7 Å². The fourth-order valence-corrected chi connectivity index (χ4v) is 6.51. The van der Waals surface area contributed by atoms with Gasteiger partial charge in [0.25, 0.3) is 11.8 Å². The molecule has 0 bridgehead atoms. The predicted molar refractivity (Wildman–Crippen MR) is 148 cm³/mol. The summed E-state index contributed by atoms with van der Waals surface area (Å²) in [5, 5.41) is 9.81. The van der Waals surface area contributed by atoms with E-state index in [-0.39, 0.29) is 23.0 Å². The van der Waals surface area contributed by atoms with Crippen molar-refractivity contribution in [3.8, 4) is 0 Å². The van der Waals surface area contributed by atoms with Gasteiger partial charge in [0.15, 0.2) is 11.0 Å². The number of fused-ring (bicyclic) bond motifs is 5. The average molecular weight is 535 g/mol. The molecule has 0 radical (unpaired) electrons. The van der Waals surface area contributed by atoms with Gasteiger partial charge in [0, 0.05) is 5.56 Å². The molecule has 0 fully saturated rings. The fraction of sp³-hybridized carbons (Fsp3) is 0.167. The first-order valence-corrected chi connectivity index (χ1v) is 13.5. The zero-order valence-electron chi connectivity index (χ0n) is 21.2. The number of anilines is 2. The second-order valence-electron chi connectivity index (χ2n) is 9.71. The molecule has 2 amide bonds. The van der Waals surface area contributed by atoms with Crippen LogP contribution in [-0.2, 0) is 23.3 Å². The highest BCUT2D eigenvalue weighted by Crippen LogP contribution is 2.54. The maximum Gasteiger partial charge on any atom is 0.297 e. The number of carbonyl (C=O) groups excluding carboxylic acids is 2. The molecule has 8 nitrogen and oxygen atoms in total. The maximum absolute atomic E-state index is 14.8. The number of aromatic nitrogens is 2. The quantitative estimate of drug-likeness (QED) is 0.323. The first-order chi connectivity index (χ1) is 18.9. The standard InChI is InChI=1S/C30H22N4O4S/c1-3-23-31-32-29(39-23)34-27(36)26-24(25(35)19-15-17(2)13-14-22(19)38-26)30(34)20-11-7-8-12-21(20)33(28(30)37)16-18-9-5-4-6-10-18/h4-15H,3,16H2,1-2H3. The SMILES string of the molecule is CCc1nnc(N2C(=O)c3oc4ccc(C)cc4c(=O)c3C23C(=O)N(Cc2ccccc2)c2ccccc23)s1. The van der Waals surface area contributed by atoms with E-state index in [0.717, 1.165) is 11.1 Å². The molecule has 39 heavy (non-hydrogen) atoms. The van der Waals surface area contributed by atoms with Crippen molar-refractivity contribution >= 4 is 44.9 Å². The van der Waals surface area contributed by atoms with Crippen LogP contribution in [0.4, 0.5) is 10.8 Å². The average Bonchev–Trinajstić information content (AvgIpc) is 3.59. The molecule has 0 saturated carbocycles. The van der Waals surface area contributed by atoms with Gasteiger partial charge in [-0.1, -0.05) is 78.4 Å². The summed E-state index contributed by atoms with van der Waals surface area (Å²) >= 11 is 1.23. The molecule has 0 aliphatic carbocycles. The number of hydrogen-bond donors (Lipinski definition) is 0. The molecule has 1 spiro atoms. The number of para-hydroxylation sites is 1. The second-order valence-corrected chi connectivity index (χ2v) is 10.8. The van der Waals surface area contributed by atoms with Crippen LogP contribution in [0.15, 0.2) is 82.0 Å². The summed E-state index contributed by atoms with van der Waals surface area (Å²) in [6.07, 6.45) is 0.616. The Morgan fingerprint density at radius 2 is 1.72 bits per heavy atom. The van der Waals surface area contributed by atoms with E-state index < -0.39 is 22.8 Å². The van der Waals surface area contributed by atoms with Gasteiger partial charge < -0.3 is 9.32 Å². The van der Waals surface area contributed by atoms with Crippen molar-refractivity contribution in [2.24, 2.45) is 0 Å². The second kappa shape index (κ2) is 8.44. The van der Waals surface area contributed by atoms with Gasteiger partial charge in [-0.2, -0.15) is 0 Å². The first kappa shape index (κ1) is 23.5. The lowest BCUT2D eigenvalue weighted by atomic mass is 9.84. The summed E-state index contributed by atoms with van der Waals surface area (Å²) in [5.41, 5.74) is 1.07. The lowest BCUT2D eigenvalue weighted by Crippen LogP contribution is -2.53. The van der Waals surface area contributed by atoms with Gasteiger partial charge in [0.05, 0.1) is 23.2 Å². The summed E-state index contributed by atoms with van der Waals surface area (Å²) in [6.45, 7) is 4.09. The number of rotatable bonds is 4. The summed E-state index contributed by atoms with van der Waals surface area (Å²) in [5.74, 6) is -1.14. The van der Waals surface area contributed by atoms with E-state index in [9.17, 15) is 14.4 Å². The molecule has 5 aromatic rings. The minimum absolute atomic E-state index is 0.0202. The topological polar surface area (TPSA) is 96.6 Å². The summed E-state index contributed by atoms with van der Waals surface area (Å²) in [7, 11) is 0. The lowest BCUT2D eigenvalue weighted by molar-refractivity contribution is -0.121. The monoisotopic (exact) mass is 534 g/mol. The summed E-state index contributed by atoms with van der Waals surface area (Å²) in [6, 6.07) is 22.1. The Balaban J connectivity index is 1.57. The predicted octanol–water partition coefficient (Wildman–Crippen LogP) is 4.97. The van der Waals surface area contributed by atoms with Gasteiger partial charge in [0.2, 0.25) is 10.9 Å². The van der Waals surface area contributed by atoms with E-state index >= 15 is 0 Å². The highest BCUT2D eigenvalue weighted by molar-refractivity contribution is 7.15. The van der Waals surface area contributed by atoms with Crippen molar-refractivity contribution in [1.29, 1.82) is 0 Å². The van der Waals surface area contributed by atoms with Crippen LogP contribution >= 0.6 is 11.3 Å². The van der Waals surface area contributed by atoms with Crippen molar-refractivity contribution < 1.29 is 14.0 Å². The van der Waals surface area contributed by atoms with Crippen LogP contribution in [0.25, 0.3) is 11.0 Å². The molecule has 0 N–H and O–H groups in total. The van der Waals surface area contributed by atoms with E-state index in [1.807, 2.05) is 68.4 Å². The first-order valence-electron chi connectivity index (χ1n) is 12.7. The van der Waals surface area contributed by atoms with E-state index in [0.29, 0.717) is 33.6 Å². The minimum Gasteiger partial charge on any atom is -0.450 e. The van der Waals surface area contributed by atoms with E-state index in [1.165, 1.54) is 16.2 Å². The fourth-order valence-electron chi connectivity index (χ4n) is 5.68. The third-order valence-corrected chi connectivity index (χ3v) is 8.47. The van der Waals surface area contributed by atoms with Crippen LogP contribution in [-0.4, -0.2) is 22.0 Å². The smallest absolute Gasteiger partial charge is 0.297 e. The Kier molecular flexibility index (Phi) is 5.08. The maximum atomic E-state index is 14.8. The number of carbonyl (C=O) groups is 2. The van der Waals surface area contributed by atoms with Crippen LogP contribution in [0.5, 0.6) is 0 Å². The van der Waals surface area contributed by atoms with Crippen molar-refractivity contribution in [2.45, 2.75) is 32.4 Å². The number of nitrogens with zero attached hydrogens (tertiary/aromatic N) is 4. The molecular formula is C30H22N4O4S. The molecule has 4 heterocycles. The minimum atomic E-state index is -1.78. The molecular weight excluding hydrogens is 512 g/mol. The lowest BCUT2D eigenvalue weighted by Gasteiger charge is -2.32. The third kappa shape index (κ3) is 3.13. The Labute approximate surface area is 227 Å². The Bertz CT molecular complexity index is 1880. The van der Waals surface area contributed by atoms with E-state index in [4.69, 9.17) is 4.42 Å². The van der Waals surface area contributed by atoms with E-state index in [2.05, 4.69) is 10.2 Å². The highest BCUT2D eigenvalue weighted by Gasteiger charge is 2.66. The van der Waals surface area contributed by atoms with Gasteiger partial charge in [-0.15, -0.1) is 10.2 Å². The van der Waals surface area contributed by atoms with Crippen LogP contribution in [0.2, 0.25) is 0 Å². The van der Waals surface area contributed by atoms with Gasteiger partial charge in [-0.05, 0) is 37.1 Å². The normalized spacial score (nSPS) is 17.9. The van der Waals surface area contributed by atoms with Gasteiger partial charge in [0.1, 0.15) is 10.6 Å². The number of amides is 2. The molecule has 192 valence electrons. The van der Waals surface area contributed by atoms with Crippen molar-refractivity contribution in [3.05, 3.63) is 116 Å². The summed E-state index contributed by atoms with van der Waals surface area (Å²) in [4.78, 5) is 46.3. The number of benzene rings is 3. The van der Waals surface area contributed by atoms with Crippen molar-refractivity contribution in [1.82, 2.24) is 10.2 Å².